The molecule has 142 valence electrons. The number of nitrogens with one attached hydrogen (secondary N) is 1. The van der Waals surface area contributed by atoms with E-state index in [1.165, 1.54) is 0 Å². The van der Waals surface area contributed by atoms with E-state index in [9.17, 15) is 10.1 Å². The molecule has 1 aromatic carbocycles. The highest BCUT2D eigenvalue weighted by Crippen LogP contribution is 2.42. The van der Waals surface area contributed by atoms with Crippen LogP contribution in [0.25, 0.3) is 0 Å². The quantitative estimate of drug-likeness (QED) is 0.593. The number of hydrogen-bond acceptors (Lipinski definition) is 7. The molecule has 2 aliphatic rings. The molecule has 2 heterocycles. The molecular weight excluding hydrogens is 336 g/mol. The van der Waals surface area contributed by atoms with Crippen LogP contribution in [0, 0.1) is 16.0 Å². The third-order valence-electron chi connectivity index (χ3n) is 4.80. The van der Waals surface area contributed by atoms with E-state index in [0.29, 0.717) is 19.0 Å². The van der Waals surface area contributed by atoms with Crippen molar-refractivity contribution in [3.05, 3.63) is 27.8 Å². The van der Waals surface area contributed by atoms with Gasteiger partial charge in [0.2, 0.25) is 5.75 Å². The van der Waals surface area contributed by atoms with E-state index in [4.69, 9.17) is 9.47 Å². The number of hydrogen-bond donors (Lipinski definition) is 1. The zero-order valence-electron chi connectivity index (χ0n) is 15.5. The standard InChI is InChI=1S/C18H26N4O4/c1-4-8-26-18-15(22(23)24)9-12(10-16(18)25-5-2)17-13-11-21(3)7-6-14(13)19-20-17/h9-10,13,17,20H,4-8,11H2,1-3H3. The van der Waals surface area contributed by atoms with Crippen molar-refractivity contribution >= 4 is 11.4 Å². The minimum absolute atomic E-state index is 0.0567. The van der Waals surface area contributed by atoms with E-state index in [1.807, 2.05) is 19.9 Å². The van der Waals surface area contributed by atoms with Crippen LogP contribution < -0.4 is 14.9 Å². The number of likely N-dealkylation sites (tertiary alicyclic amines) is 1. The van der Waals surface area contributed by atoms with Gasteiger partial charge in [0.05, 0.1) is 24.2 Å². The summed E-state index contributed by atoms with van der Waals surface area (Å²) in [5.74, 6) is 0.845. The summed E-state index contributed by atoms with van der Waals surface area (Å²) in [5.41, 5.74) is 5.07. The van der Waals surface area contributed by atoms with E-state index in [-0.39, 0.29) is 23.4 Å². The third-order valence-corrected chi connectivity index (χ3v) is 4.80. The summed E-state index contributed by atoms with van der Waals surface area (Å²) in [6.07, 6.45) is 1.68. The predicted molar refractivity (Wildman–Crippen MR) is 99.0 cm³/mol. The molecule has 2 unspecified atom stereocenters. The highest BCUT2D eigenvalue weighted by atomic mass is 16.6. The zero-order chi connectivity index (χ0) is 18.7. The molecule has 2 aliphatic heterocycles. The molecule has 0 amide bonds. The highest BCUT2D eigenvalue weighted by Gasteiger charge is 2.37. The van der Waals surface area contributed by atoms with E-state index in [1.54, 1.807) is 6.07 Å². The second kappa shape index (κ2) is 7.90. The summed E-state index contributed by atoms with van der Waals surface area (Å²) >= 11 is 0. The van der Waals surface area contributed by atoms with Crippen molar-refractivity contribution in [1.29, 1.82) is 0 Å². The van der Waals surface area contributed by atoms with Gasteiger partial charge < -0.3 is 19.8 Å². The van der Waals surface area contributed by atoms with Crippen LogP contribution in [0.4, 0.5) is 5.69 Å². The van der Waals surface area contributed by atoms with Crippen LogP contribution in [-0.2, 0) is 0 Å². The molecule has 1 saturated heterocycles. The highest BCUT2D eigenvalue weighted by molar-refractivity contribution is 5.90. The van der Waals surface area contributed by atoms with Crippen molar-refractivity contribution in [3.63, 3.8) is 0 Å². The van der Waals surface area contributed by atoms with Crippen molar-refractivity contribution in [2.45, 2.75) is 32.7 Å². The fraction of sp³-hybridized carbons (Fsp3) is 0.611. The van der Waals surface area contributed by atoms with Crippen molar-refractivity contribution in [2.24, 2.45) is 11.0 Å². The number of nitro groups is 1. The monoisotopic (exact) mass is 362 g/mol. The van der Waals surface area contributed by atoms with E-state index >= 15 is 0 Å². The summed E-state index contributed by atoms with van der Waals surface area (Å²) in [5, 5.41) is 16.1. The van der Waals surface area contributed by atoms with Gasteiger partial charge in [-0.25, -0.2) is 0 Å². The van der Waals surface area contributed by atoms with Crippen LogP contribution in [0.3, 0.4) is 0 Å². The first-order chi connectivity index (χ1) is 12.5. The van der Waals surface area contributed by atoms with Gasteiger partial charge in [0.1, 0.15) is 0 Å². The van der Waals surface area contributed by atoms with Gasteiger partial charge in [0.25, 0.3) is 0 Å². The number of fused-ring (bicyclic) bond motifs is 1. The molecule has 26 heavy (non-hydrogen) atoms. The number of rotatable bonds is 7. The van der Waals surface area contributed by atoms with Gasteiger partial charge in [-0.2, -0.15) is 5.10 Å². The Morgan fingerprint density at radius 1 is 1.38 bits per heavy atom. The minimum Gasteiger partial charge on any atom is -0.490 e. The van der Waals surface area contributed by atoms with Gasteiger partial charge in [-0.05, 0) is 32.0 Å². The SMILES string of the molecule is CCCOc1c(OCC)cc(C2NN=C3CCN(C)CC32)cc1[N+](=O)[O-]. The van der Waals surface area contributed by atoms with Gasteiger partial charge in [-0.15, -0.1) is 0 Å². The first kappa shape index (κ1) is 18.4. The van der Waals surface area contributed by atoms with Gasteiger partial charge in [0, 0.05) is 37.2 Å². The maximum Gasteiger partial charge on any atom is 0.315 e. The number of nitrogens with zero attached hydrogens (tertiary/aromatic N) is 3. The van der Waals surface area contributed by atoms with Crippen molar-refractivity contribution in [2.75, 3.05) is 33.4 Å². The van der Waals surface area contributed by atoms with Crippen molar-refractivity contribution < 1.29 is 14.4 Å². The van der Waals surface area contributed by atoms with Gasteiger partial charge in [-0.3, -0.25) is 10.1 Å². The second-order valence-corrected chi connectivity index (χ2v) is 6.73. The van der Waals surface area contributed by atoms with Crippen LogP contribution in [0.1, 0.15) is 38.3 Å². The Morgan fingerprint density at radius 2 is 2.19 bits per heavy atom. The molecule has 1 aromatic rings. The zero-order valence-corrected chi connectivity index (χ0v) is 15.5. The lowest BCUT2D eigenvalue weighted by Gasteiger charge is -2.31. The molecule has 0 spiro atoms. The van der Waals surface area contributed by atoms with Crippen LogP contribution in [0.15, 0.2) is 17.2 Å². The second-order valence-electron chi connectivity index (χ2n) is 6.73. The molecule has 8 heteroatoms. The van der Waals surface area contributed by atoms with Gasteiger partial charge in [0.15, 0.2) is 5.75 Å². The van der Waals surface area contributed by atoms with E-state index in [2.05, 4.69) is 22.5 Å². The fourth-order valence-corrected chi connectivity index (χ4v) is 3.54. The summed E-state index contributed by atoms with van der Waals surface area (Å²) in [6, 6.07) is 3.36. The maximum absolute atomic E-state index is 11.7. The molecule has 3 rings (SSSR count). The average molecular weight is 362 g/mol. The Kier molecular flexibility index (Phi) is 5.61. The molecule has 8 nitrogen and oxygen atoms in total. The Hall–Kier alpha value is -2.35. The number of benzene rings is 1. The average Bonchev–Trinajstić information content (AvgIpc) is 3.03. The lowest BCUT2D eigenvalue weighted by Crippen LogP contribution is -2.39. The minimum atomic E-state index is -0.402. The van der Waals surface area contributed by atoms with Crippen LogP contribution in [0.5, 0.6) is 11.5 Å². The molecule has 2 atom stereocenters. The van der Waals surface area contributed by atoms with Crippen LogP contribution >= 0.6 is 0 Å². The molecule has 1 fully saturated rings. The van der Waals surface area contributed by atoms with Crippen molar-refractivity contribution in [1.82, 2.24) is 10.3 Å². The number of ether oxygens (including phenoxy) is 2. The molecule has 0 saturated carbocycles. The van der Waals surface area contributed by atoms with E-state index < -0.39 is 4.92 Å². The molecular formula is C18H26N4O4. The van der Waals surface area contributed by atoms with E-state index in [0.717, 1.165) is 37.2 Å². The third kappa shape index (κ3) is 3.60. The van der Waals surface area contributed by atoms with Crippen LogP contribution in [-0.4, -0.2) is 48.9 Å². The molecule has 1 N–H and O–H groups in total. The Bertz CT molecular complexity index is 707. The molecule has 0 bridgehead atoms. The van der Waals surface area contributed by atoms with Gasteiger partial charge in [-0.1, -0.05) is 6.92 Å². The maximum atomic E-state index is 11.7. The Balaban J connectivity index is 1.98. The normalized spacial score (nSPS) is 22.3. The number of hydrazone groups is 1. The summed E-state index contributed by atoms with van der Waals surface area (Å²) in [4.78, 5) is 13.5. The smallest absolute Gasteiger partial charge is 0.315 e. The summed E-state index contributed by atoms with van der Waals surface area (Å²) < 4.78 is 11.3. The summed E-state index contributed by atoms with van der Waals surface area (Å²) in [7, 11) is 2.09. The number of piperidine rings is 1. The lowest BCUT2D eigenvalue weighted by molar-refractivity contribution is -0.386. The summed E-state index contributed by atoms with van der Waals surface area (Å²) in [6.45, 7) is 6.49. The predicted octanol–water partition coefficient (Wildman–Crippen LogP) is 2.73. The molecule has 0 aliphatic carbocycles. The Labute approximate surface area is 153 Å². The van der Waals surface area contributed by atoms with Gasteiger partial charge >= 0.3 is 5.69 Å². The van der Waals surface area contributed by atoms with Crippen molar-refractivity contribution in [3.8, 4) is 11.5 Å². The number of nitro benzene ring substituents is 1. The first-order valence-corrected chi connectivity index (χ1v) is 9.13. The lowest BCUT2D eigenvalue weighted by atomic mass is 9.86. The largest absolute Gasteiger partial charge is 0.490 e. The fourth-order valence-electron chi connectivity index (χ4n) is 3.54. The Morgan fingerprint density at radius 3 is 2.88 bits per heavy atom. The first-order valence-electron chi connectivity index (χ1n) is 9.13. The molecule has 0 radical (unpaired) electrons. The van der Waals surface area contributed by atoms with Crippen LogP contribution in [0.2, 0.25) is 0 Å². The molecule has 0 aromatic heterocycles. The topological polar surface area (TPSA) is 89.2 Å².